The Balaban J connectivity index is 1.81. The fourth-order valence-electron chi connectivity index (χ4n) is 4.27. The summed E-state index contributed by atoms with van der Waals surface area (Å²) in [4.78, 5) is 39.3. The number of benzene rings is 2. The molecule has 1 saturated heterocycles. The van der Waals surface area contributed by atoms with Crippen LogP contribution < -0.4 is 10.2 Å². The maximum absolute atomic E-state index is 13.2. The average molecular weight is 506 g/mol. The molecule has 1 fully saturated rings. The first-order valence-corrected chi connectivity index (χ1v) is 11.5. The van der Waals surface area contributed by atoms with Gasteiger partial charge < -0.3 is 4.57 Å². The van der Waals surface area contributed by atoms with Crippen molar-refractivity contribution in [1.29, 1.82) is 0 Å². The molecule has 1 aromatic heterocycles. The van der Waals surface area contributed by atoms with Gasteiger partial charge in [0.25, 0.3) is 11.8 Å². The van der Waals surface area contributed by atoms with E-state index in [9.17, 15) is 14.4 Å². The van der Waals surface area contributed by atoms with Gasteiger partial charge in [0, 0.05) is 15.9 Å². The Hall–Kier alpha value is -3.45. The lowest BCUT2D eigenvalue weighted by Crippen LogP contribution is -2.54. The maximum atomic E-state index is 13.2. The smallest absolute Gasteiger partial charge is 0.317 e. The standard InChI is InChI=1S/C26H24BrN3O3/c1-5-18-9-6-8-15(2)23(18)29-16(3)12-19(17(29)4)13-22-24(31)28-26(33)30(25(22)32)21-11-7-10-20(27)14-21/h6-14H,5H2,1-4H3,(H,28,31,33)/b22-13+. The number of aromatic nitrogens is 1. The molecule has 7 heteroatoms. The molecule has 0 bridgehead atoms. The second-order valence-electron chi connectivity index (χ2n) is 8.04. The van der Waals surface area contributed by atoms with Gasteiger partial charge in [-0.1, -0.05) is 47.1 Å². The van der Waals surface area contributed by atoms with Gasteiger partial charge in [0.1, 0.15) is 5.57 Å². The Kier molecular flexibility index (Phi) is 6.08. The van der Waals surface area contributed by atoms with E-state index in [0.29, 0.717) is 5.69 Å². The Morgan fingerprint density at radius 2 is 1.73 bits per heavy atom. The lowest BCUT2D eigenvalue weighted by Gasteiger charge is -2.26. The molecule has 1 aliphatic rings. The van der Waals surface area contributed by atoms with Crippen LogP contribution in [0.1, 0.15) is 35.0 Å². The van der Waals surface area contributed by atoms with Gasteiger partial charge in [-0.15, -0.1) is 0 Å². The van der Waals surface area contributed by atoms with Crippen molar-refractivity contribution in [2.24, 2.45) is 0 Å². The van der Waals surface area contributed by atoms with Crippen LogP contribution in [-0.2, 0) is 16.0 Å². The second kappa shape index (κ2) is 8.83. The van der Waals surface area contributed by atoms with Crippen LogP contribution in [0, 0.1) is 20.8 Å². The highest BCUT2D eigenvalue weighted by Crippen LogP contribution is 2.29. The number of carbonyl (C=O) groups excluding carboxylic acids is 3. The van der Waals surface area contributed by atoms with E-state index in [2.05, 4.69) is 51.8 Å². The Bertz CT molecular complexity index is 1340. The highest BCUT2D eigenvalue weighted by molar-refractivity contribution is 9.10. The van der Waals surface area contributed by atoms with Gasteiger partial charge in [-0.05, 0) is 74.2 Å². The van der Waals surface area contributed by atoms with Crippen LogP contribution in [0.4, 0.5) is 10.5 Å². The predicted octanol–water partition coefficient (Wildman–Crippen LogP) is 5.39. The SMILES string of the molecule is CCc1cccc(C)c1-n1c(C)cc(/C=C2\C(=O)NC(=O)N(c3cccc(Br)c3)C2=O)c1C. The molecular weight excluding hydrogens is 482 g/mol. The van der Waals surface area contributed by atoms with E-state index in [1.54, 1.807) is 30.3 Å². The molecule has 0 saturated carbocycles. The summed E-state index contributed by atoms with van der Waals surface area (Å²) in [7, 11) is 0. The van der Waals surface area contributed by atoms with Gasteiger partial charge in [0.15, 0.2) is 0 Å². The lowest BCUT2D eigenvalue weighted by atomic mass is 10.0. The maximum Gasteiger partial charge on any atom is 0.335 e. The third-order valence-electron chi connectivity index (χ3n) is 5.86. The van der Waals surface area contributed by atoms with Crippen LogP contribution >= 0.6 is 15.9 Å². The van der Waals surface area contributed by atoms with E-state index >= 15 is 0 Å². The zero-order valence-corrected chi connectivity index (χ0v) is 20.5. The number of amides is 4. The topological polar surface area (TPSA) is 71.4 Å². The van der Waals surface area contributed by atoms with Crippen molar-refractivity contribution in [2.75, 3.05) is 4.90 Å². The number of hydrogen-bond acceptors (Lipinski definition) is 3. The lowest BCUT2D eigenvalue weighted by molar-refractivity contribution is -0.122. The van der Waals surface area contributed by atoms with Crippen LogP contribution in [0.25, 0.3) is 11.8 Å². The first-order valence-electron chi connectivity index (χ1n) is 10.7. The van der Waals surface area contributed by atoms with Crippen molar-refractivity contribution < 1.29 is 14.4 Å². The number of imide groups is 2. The van der Waals surface area contributed by atoms with Crippen LogP contribution in [0.3, 0.4) is 0 Å². The van der Waals surface area contributed by atoms with Gasteiger partial charge >= 0.3 is 6.03 Å². The minimum Gasteiger partial charge on any atom is -0.317 e. The summed E-state index contributed by atoms with van der Waals surface area (Å²) in [6.07, 6.45) is 2.45. The van der Waals surface area contributed by atoms with Crippen molar-refractivity contribution in [3.8, 4) is 5.69 Å². The van der Waals surface area contributed by atoms with E-state index in [0.717, 1.165) is 44.0 Å². The third-order valence-corrected chi connectivity index (χ3v) is 6.36. The number of para-hydroxylation sites is 1. The zero-order chi connectivity index (χ0) is 23.9. The molecule has 1 N–H and O–H groups in total. The number of halogens is 1. The summed E-state index contributed by atoms with van der Waals surface area (Å²) in [6, 6.07) is 14.2. The van der Waals surface area contributed by atoms with Crippen molar-refractivity contribution in [2.45, 2.75) is 34.1 Å². The number of anilines is 1. The highest BCUT2D eigenvalue weighted by atomic mass is 79.9. The molecule has 0 unspecified atom stereocenters. The molecule has 0 aliphatic carbocycles. The van der Waals surface area contributed by atoms with Crippen molar-refractivity contribution in [3.63, 3.8) is 0 Å². The summed E-state index contributed by atoms with van der Waals surface area (Å²) in [5, 5.41) is 2.28. The minimum absolute atomic E-state index is 0.0877. The summed E-state index contributed by atoms with van der Waals surface area (Å²) >= 11 is 3.36. The molecule has 0 atom stereocenters. The van der Waals surface area contributed by atoms with Gasteiger partial charge in [-0.2, -0.15) is 0 Å². The number of nitrogens with zero attached hydrogens (tertiary/aromatic N) is 2. The Morgan fingerprint density at radius 1 is 1.00 bits per heavy atom. The fourth-order valence-corrected chi connectivity index (χ4v) is 4.65. The number of urea groups is 1. The molecule has 4 rings (SSSR count). The number of rotatable bonds is 4. The van der Waals surface area contributed by atoms with Gasteiger partial charge in [-0.25, -0.2) is 9.69 Å². The van der Waals surface area contributed by atoms with Crippen molar-refractivity contribution >= 4 is 45.5 Å². The number of barbiturate groups is 1. The predicted molar refractivity (Wildman–Crippen MR) is 133 cm³/mol. The molecule has 4 amide bonds. The largest absolute Gasteiger partial charge is 0.335 e. The summed E-state index contributed by atoms with van der Waals surface area (Å²) in [5.74, 6) is -1.36. The molecule has 1 aliphatic heterocycles. The average Bonchev–Trinajstić information content (AvgIpc) is 3.03. The van der Waals surface area contributed by atoms with Crippen LogP contribution in [0.15, 0.2) is 58.6 Å². The van der Waals surface area contributed by atoms with Crippen LogP contribution in [0.5, 0.6) is 0 Å². The van der Waals surface area contributed by atoms with E-state index in [-0.39, 0.29) is 5.57 Å². The van der Waals surface area contributed by atoms with E-state index in [1.165, 1.54) is 5.56 Å². The van der Waals surface area contributed by atoms with Gasteiger partial charge in [0.2, 0.25) is 0 Å². The molecular formula is C26H24BrN3O3. The van der Waals surface area contributed by atoms with E-state index in [4.69, 9.17) is 0 Å². The third kappa shape index (κ3) is 4.04. The molecule has 33 heavy (non-hydrogen) atoms. The molecule has 2 heterocycles. The van der Waals surface area contributed by atoms with Crippen molar-refractivity contribution in [1.82, 2.24) is 9.88 Å². The fraction of sp³-hybridized carbons (Fsp3) is 0.192. The van der Waals surface area contributed by atoms with Gasteiger partial charge in [-0.3, -0.25) is 14.9 Å². The van der Waals surface area contributed by atoms with E-state index in [1.807, 2.05) is 26.0 Å². The molecule has 2 aromatic carbocycles. The number of aryl methyl sites for hydroxylation is 3. The first-order chi connectivity index (χ1) is 15.7. The van der Waals surface area contributed by atoms with Crippen molar-refractivity contribution in [3.05, 3.63) is 86.7 Å². The van der Waals surface area contributed by atoms with Crippen LogP contribution in [-0.4, -0.2) is 22.4 Å². The normalized spacial score (nSPS) is 15.4. The number of nitrogens with one attached hydrogen (secondary N) is 1. The second-order valence-corrected chi connectivity index (χ2v) is 8.95. The minimum atomic E-state index is -0.766. The molecule has 0 radical (unpaired) electrons. The molecule has 6 nitrogen and oxygen atoms in total. The molecule has 168 valence electrons. The first kappa shape index (κ1) is 22.7. The quantitative estimate of drug-likeness (QED) is 0.381. The monoisotopic (exact) mass is 505 g/mol. The van der Waals surface area contributed by atoms with Crippen LogP contribution in [0.2, 0.25) is 0 Å². The number of hydrogen-bond donors (Lipinski definition) is 1. The molecule has 0 spiro atoms. The number of carbonyl (C=O) groups is 3. The van der Waals surface area contributed by atoms with Gasteiger partial charge in [0.05, 0.1) is 11.4 Å². The Labute approximate surface area is 201 Å². The highest BCUT2D eigenvalue weighted by Gasteiger charge is 2.37. The summed E-state index contributed by atoms with van der Waals surface area (Å²) in [6.45, 7) is 8.16. The molecule has 3 aromatic rings. The summed E-state index contributed by atoms with van der Waals surface area (Å²) < 4.78 is 2.87. The van der Waals surface area contributed by atoms with E-state index < -0.39 is 17.8 Å². The zero-order valence-electron chi connectivity index (χ0n) is 18.9. The summed E-state index contributed by atoms with van der Waals surface area (Å²) in [5.41, 5.74) is 6.42. The Morgan fingerprint density at radius 3 is 2.42 bits per heavy atom.